The minimum Gasteiger partial charge on any atom is -0.465 e. The second-order valence-electron chi connectivity index (χ2n) is 5.26. The monoisotopic (exact) mass is 272 g/mol. The third-order valence-corrected chi connectivity index (χ3v) is 3.88. The lowest BCUT2D eigenvalue weighted by Crippen LogP contribution is -2.25. The van der Waals surface area contributed by atoms with Gasteiger partial charge in [-0.1, -0.05) is 12.1 Å². The van der Waals surface area contributed by atoms with Gasteiger partial charge < -0.3 is 14.6 Å². The van der Waals surface area contributed by atoms with Gasteiger partial charge in [0.2, 0.25) is 0 Å². The molecule has 0 unspecified atom stereocenters. The van der Waals surface area contributed by atoms with Crippen LogP contribution in [-0.4, -0.2) is 23.7 Å². The lowest BCUT2D eigenvalue weighted by Gasteiger charge is -2.16. The van der Waals surface area contributed by atoms with E-state index in [1.54, 1.807) is 0 Å². The molecule has 4 nitrogen and oxygen atoms in total. The van der Waals surface area contributed by atoms with Gasteiger partial charge in [-0.05, 0) is 31.0 Å². The predicted octanol–water partition coefficient (Wildman–Crippen LogP) is 2.16. The molecular weight excluding hydrogens is 252 g/mol. The molecule has 2 aromatic rings. The number of nitrogens with one attached hydrogen (secondary N) is 1. The standard InChI is InChI=1S/C16H20N2O2/c1-3-20-16(19)10-18-14-6-7-17-9-13(14)12-5-4-11(2)8-15(12)18/h4-5,8,17H,3,6-7,9-10H2,1-2H3. The first-order chi connectivity index (χ1) is 9.70. The van der Waals surface area contributed by atoms with Crippen LogP contribution >= 0.6 is 0 Å². The van der Waals surface area contributed by atoms with Crippen LogP contribution in [0.1, 0.15) is 23.7 Å². The summed E-state index contributed by atoms with van der Waals surface area (Å²) < 4.78 is 7.25. The van der Waals surface area contributed by atoms with Crippen molar-refractivity contribution in [2.45, 2.75) is 33.4 Å². The highest BCUT2D eigenvalue weighted by molar-refractivity contribution is 5.87. The number of carbonyl (C=O) groups is 1. The Bertz CT molecular complexity index is 658. The van der Waals surface area contributed by atoms with Gasteiger partial charge in [0.25, 0.3) is 0 Å². The smallest absolute Gasteiger partial charge is 0.325 e. The summed E-state index contributed by atoms with van der Waals surface area (Å²) in [6, 6.07) is 6.46. The number of esters is 1. The van der Waals surface area contributed by atoms with Crippen LogP contribution in [0.15, 0.2) is 18.2 Å². The molecule has 1 aliphatic rings. The second-order valence-corrected chi connectivity index (χ2v) is 5.26. The Morgan fingerprint density at radius 1 is 1.45 bits per heavy atom. The number of benzene rings is 1. The summed E-state index contributed by atoms with van der Waals surface area (Å²) in [4.78, 5) is 11.9. The molecule has 106 valence electrons. The van der Waals surface area contributed by atoms with Gasteiger partial charge >= 0.3 is 5.97 Å². The van der Waals surface area contributed by atoms with Gasteiger partial charge in [0, 0.05) is 36.1 Å². The van der Waals surface area contributed by atoms with Crippen molar-refractivity contribution >= 4 is 16.9 Å². The first kappa shape index (κ1) is 13.2. The van der Waals surface area contributed by atoms with Crippen LogP contribution in [0.3, 0.4) is 0 Å². The number of aromatic nitrogens is 1. The normalized spacial score (nSPS) is 14.3. The fourth-order valence-corrected chi connectivity index (χ4v) is 3.00. The van der Waals surface area contributed by atoms with Crippen LogP contribution in [0.25, 0.3) is 10.9 Å². The Morgan fingerprint density at radius 2 is 2.30 bits per heavy atom. The van der Waals surface area contributed by atoms with Gasteiger partial charge in [-0.2, -0.15) is 0 Å². The van der Waals surface area contributed by atoms with Crippen LogP contribution in [0.4, 0.5) is 0 Å². The number of carbonyl (C=O) groups excluding carboxylic acids is 1. The van der Waals surface area contributed by atoms with Crippen molar-refractivity contribution in [2.24, 2.45) is 0 Å². The molecule has 1 aromatic carbocycles. The van der Waals surface area contributed by atoms with Gasteiger partial charge in [0.05, 0.1) is 6.61 Å². The third kappa shape index (κ3) is 2.20. The molecule has 0 spiro atoms. The molecule has 3 rings (SSSR count). The zero-order chi connectivity index (χ0) is 14.1. The summed E-state index contributed by atoms with van der Waals surface area (Å²) in [7, 11) is 0. The van der Waals surface area contributed by atoms with Crippen molar-refractivity contribution in [1.82, 2.24) is 9.88 Å². The van der Waals surface area contributed by atoms with E-state index in [9.17, 15) is 4.79 Å². The SMILES string of the molecule is CCOC(=O)Cn1c2c(c3ccc(C)cc31)CNCC2. The van der Waals surface area contributed by atoms with E-state index >= 15 is 0 Å². The van der Waals surface area contributed by atoms with E-state index in [-0.39, 0.29) is 5.97 Å². The number of hydrogen-bond donors (Lipinski definition) is 1. The summed E-state index contributed by atoms with van der Waals surface area (Å²) in [6.45, 7) is 6.51. The quantitative estimate of drug-likeness (QED) is 0.871. The molecule has 0 saturated carbocycles. The lowest BCUT2D eigenvalue weighted by atomic mass is 10.1. The van der Waals surface area contributed by atoms with Crippen molar-refractivity contribution in [2.75, 3.05) is 13.2 Å². The van der Waals surface area contributed by atoms with Crippen LogP contribution in [0.2, 0.25) is 0 Å². The molecule has 2 heterocycles. The summed E-state index contributed by atoms with van der Waals surface area (Å²) in [5.41, 5.74) is 4.96. The molecule has 0 aliphatic carbocycles. The van der Waals surface area contributed by atoms with E-state index in [1.165, 1.54) is 22.2 Å². The van der Waals surface area contributed by atoms with Crippen molar-refractivity contribution < 1.29 is 9.53 Å². The van der Waals surface area contributed by atoms with Gasteiger partial charge in [-0.25, -0.2) is 0 Å². The van der Waals surface area contributed by atoms with E-state index in [2.05, 4.69) is 35.0 Å². The first-order valence-corrected chi connectivity index (χ1v) is 7.17. The third-order valence-electron chi connectivity index (χ3n) is 3.88. The minimum absolute atomic E-state index is 0.160. The van der Waals surface area contributed by atoms with Crippen molar-refractivity contribution in [3.63, 3.8) is 0 Å². The number of hydrogen-bond acceptors (Lipinski definition) is 3. The molecule has 20 heavy (non-hydrogen) atoms. The van der Waals surface area contributed by atoms with E-state index < -0.39 is 0 Å². The maximum atomic E-state index is 11.9. The predicted molar refractivity (Wildman–Crippen MR) is 78.7 cm³/mol. The topological polar surface area (TPSA) is 43.3 Å². The minimum atomic E-state index is -0.160. The van der Waals surface area contributed by atoms with Crippen molar-refractivity contribution in [1.29, 1.82) is 0 Å². The van der Waals surface area contributed by atoms with Gasteiger partial charge in [0.1, 0.15) is 6.54 Å². The summed E-state index contributed by atoms with van der Waals surface area (Å²) in [5, 5.41) is 4.66. The molecule has 0 fully saturated rings. The van der Waals surface area contributed by atoms with Crippen LogP contribution in [0, 0.1) is 6.92 Å². The molecule has 0 radical (unpaired) electrons. The average Bonchev–Trinajstić information content (AvgIpc) is 2.73. The molecular formula is C16H20N2O2. The highest BCUT2D eigenvalue weighted by Gasteiger charge is 2.21. The highest BCUT2D eigenvalue weighted by atomic mass is 16.5. The summed E-state index contributed by atoms with van der Waals surface area (Å²) in [6.07, 6.45) is 0.961. The van der Waals surface area contributed by atoms with E-state index in [0.717, 1.165) is 25.0 Å². The van der Waals surface area contributed by atoms with Gasteiger partial charge in [-0.15, -0.1) is 0 Å². The Morgan fingerprint density at radius 3 is 3.10 bits per heavy atom. The lowest BCUT2D eigenvalue weighted by molar-refractivity contribution is -0.143. The molecule has 1 aliphatic heterocycles. The molecule has 0 amide bonds. The number of aryl methyl sites for hydroxylation is 1. The molecule has 0 bridgehead atoms. The van der Waals surface area contributed by atoms with Crippen LogP contribution in [0.5, 0.6) is 0 Å². The largest absolute Gasteiger partial charge is 0.465 e. The van der Waals surface area contributed by atoms with Crippen molar-refractivity contribution in [3.8, 4) is 0 Å². The fraction of sp³-hybridized carbons (Fsp3) is 0.438. The van der Waals surface area contributed by atoms with Gasteiger partial charge in [-0.3, -0.25) is 4.79 Å². The first-order valence-electron chi connectivity index (χ1n) is 7.17. The highest BCUT2D eigenvalue weighted by Crippen LogP contribution is 2.29. The maximum Gasteiger partial charge on any atom is 0.325 e. The van der Waals surface area contributed by atoms with Crippen LogP contribution in [-0.2, 0) is 29.0 Å². The Balaban J connectivity index is 2.12. The molecule has 0 atom stereocenters. The molecule has 0 saturated heterocycles. The van der Waals surface area contributed by atoms with Crippen molar-refractivity contribution in [3.05, 3.63) is 35.0 Å². The molecule has 1 aromatic heterocycles. The van der Waals surface area contributed by atoms with E-state index in [1.807, 2.05) is 6.92 Å². The Labute approximate surface area is 118 Å². The zero-order valence-electron chi connectivity index (χ0n) is 12.0. The average molecular weight is 272 g/mol. The Kier molecular flexibility index (Phi) is 3.49. The van der Waals surface area contributed by atoms with E-state index in [0.29, 0.717) is 13.2 Å². The number of nitrogens with zero attached hydrogens (tertiary/aromatic N) is 1. The van der Waals surface area contributed by atoms with Gasteiger partial charge in [0.15, 0.2) is 0 Å². The summed E-state index contributed by atoms with van der Waals surface area (Å²) >= 11 is 0. The zero-order valence-corrected chi connectivity index (χ0v) is 12.0. The fourth-order valence-electron chi connectivity index (χ4n) is 3.00. The van der Waals surface area contributed by atoms with E-state index in [4.69, 9.17) is 4.74 Å². The maximum absolute atomic E-state index is 11.9. The second kappa shape index (κ2) is 5.29. The molecule has 1 N–H and O–H groups in total. The number of fused-ring (bicyclic) bond motifs is 3. The Hall–Kier alpha value is -1.81. The van der Waals surface area contributed by atoms with Crippen LogP contribution < -0.4 is 5.32 Å². The number of rotatable bonds is 3. The molecule has 4 heteroatoms. The summed E-state index contributed by atoms with van der Waals surface area (Å²) in [5.74, 6) is -0.160. The number of ether oxygens (including phenoxy) is 1.